The third-order valence-corrected chi connectivity index (χ3v) is 3.03. The monoisotopic (exact) mass is 311 g/mol. The van der Waals surface area contributed by atoms with Crippen LogP contribution in [0.5, 0.6) is 5.88 Å². The molecule has 0 fully saturated rings. The van der Waals surface area contributed by atoms with Crippen molar-refractivity contribution in [3.63, 3.8) is 0 Å². The molecule has 2 aromatic heterocycles. The normalized spacial score (nSPS) is 10.2. The Hall–Kier alpha value is -1.85. The summed E-state index contributed by atoms with van der Waals surface area (Å²) >= 11 is 11.6. The van der Waals surface area contributed by atoms with Crippen LogP contribution in [0.4, 0.5) is 0 Å². The van der Waals surface area contributed by atoms with Gasteiger partial charge < -0.3 is 10.1 Å². The minimum Gasteiger partial charge on any atom is -0.481 e. The van der Waals surface area contributed by atoms with Crippen molar-refractivity contribution in [3.8, 4) is 5.88 Å². The molecule has 0 aliphatic carbocycles. The standard InChI is InChI=1S/C13H11Cl2N3O2/c1-20-12-3-2-8(5-17-12)6-18-13(19)9-4-11(15)16-7-10(9)14/h2-5,7H,6H2,1H3,(H,18,19). The highest BCUT2D eigenvalue weighted by Gasteiger charge is 2.11. The first-order chi connectivity index (χ1) is 9.60. The molecule has 0 aliphatic rings. The molecule has 0 spiro atoms. The summed E-state index contributed by atoms with van der Waals surface area (Å²) in [4.78, 5) is 19.8. The Morgan fingerprint density at radius 2 is 2.10 bits per heavy atom. The van der Waals surface area contributed by atoms with Gasteiger partial charge in [-0.2, -0.15) is 0 Å². The van der Waals surface area contributed by atoms with Crippen molar-refractivity contribution in [1.29, 1.82) is 0 Å². The van der Waals surface area contributed by atoms with E-state index < -0.39 is 0 Å². The van der Waals surface area contributed by atoms with E-state index >= 15 is 0 Å². The molecule has 5 nitrogen and oxygen atoms in total. The predicted molar refractivity (Wildman–Crippen MR) is 76.2 cm³/mol. The van der Waals surface area contributed by atoms with E-state index in [1.807, 2.05) is 6.07 Å². The number of methoxy groups -OCH3 is 1. The Balaban J connectivity index is 2.02. The summed E-state index contributed by atoms with van der Waals surface area (Å²) in [6.45, 7) is 0.325. The molecule has 0 saturated heterocycles. The van der Waals surface area contributed by atoms with E-state index in [2.05, 4.69) is 15.3 Å². The van der Waals surface area contributed by atoms with Crippen LogP contribution < -0.4 is 10.1 Å². The van der Waals surface area contributed by atoms with Crippen LogP contribution in [0, 0.1) is 0 Å². The Kier molecular flexibility index (Phi) is 4.76. The first kappa shape index (κ1) is 14.6. The number of amides is 1. The van der Waals surface area contributed by atoms with Gasteiger partial charge in [-0.25, -0.2) is 9.97 Å². The Labute approximate surface area is 125 Å². The lowest BCUT2D eigenvalue weighted by Crippen LogP contribution is -2.23. The van der Waals surface area contributed by atoms with Gasteiger partial charge in [0.15, 0.2) is 0 Å². The average Bonchev–Trinajstić information content (AvgIpc) is 2.47. The number of carbonyl (C=O) groups is 1. The molecule has 0 aromatic carbocycles. The van der Waals surface area contributed by atoms with Crippen molar-refractivity contribution in [1.82, 2.24) is 15.3 Å². The SMILES string of the molecule is COc1ccc(CNC(=O)c2cc(Cl)ncc2Cl)cn1. The Morgan fingerprint density at radius 1 is 1.30 bits per heavy atom. The van der Waals surface area contributed by atoms with Crippen molar-refractivity contribution >= 4 is 29.1 Å². The number of rotatable bonds is 4. The van der Waals surface area contributed by atoms with Crippen LogP contribution in [0.2, 0.25) is 10.2 Å². The summed E-state index contributed by atoms with van der Waals surface area (Å²) in [5, 5.41) is 3.19. The number of hydrogen-bond donors (Lipinski definition) is 1. The van der Waals surface area contributed by atoms with Crippen molar-refractivity contribution in [2.24, 2.45) is 0 Å². The third-order valence-electron chi connectivity index (χ3n) is 2.53. The van der Waals surface area contributed by atoms with Gasteiger partial charge in [0.25, 0.3) is 5.91 Å². The van der Waals surface area contributed by atoms with Gasteiger partial charge in [-0.05, 0) is 11.6 Å². The predicted octanol–water partition coefficient (Wildman–Crippen LogP) is 2.72. The van der Waals surface area contributed by atoms with E-state index in [1.165, 1.54) is 12.3 Å². The van der Waals surface area contributed by atoms with Crippen molar-refractivity contribution in [2.45, 2.75) is 6.54 Å². The van der Waals surface area contributed by atoms with Gasteiger partial charge in [0.2, 0.25) is 5.88 Å². The minimum absolute atomic E-state index is 0.214. The smallest absolute Gasteiger partial charge is 0.253 e. The fraction of sp³-hybridized carbons (Fsp3) is 0.154. The van der Waals surface area contributed by atoms with Crippen LogP contribution in [0.1, 0.15) is 15.9 Å². The van der Waals surface area contributed by atoms with E-state index in [9.17, 15) is 4.79 Å². The quantitative estimate of drug-likeness (QED) is 0.882. The van der Waals surface area contributed by atoms with E-state index in [1.54, 1.807) is 19.4 Å². The molecule has 7 heteroatoms. The summed E-state index contributed by atoms with van der Waals surface area (Å²) in [5.74, 6) is 0.194. The van der Waals surface area contributed by atoms with Gasteiger partial charge in [0.05, 0.1) is 17.7 Å². The van der Waals surface area contributed by atoms with Crippen LogP contribution >= 0.6 is 23.2 Å². The molecular weight excluding hydrogens is 301 g/mol. The molecule has 0 saturated carbocycles. The molecule has 2 heterocycles. The molecule has 104 valence electrons. The fourth-order valence-corrected chi connectivity index (χ4v) is 1.85. The largest absolute Gasteiger partial charge is 0.481 e. The summed E-state index contributed by atoms with van der Waals surface area (Å²) in [5.41, 5.74) is 1.13. The van der Waals surface area contributed by atoms with Crippen molar-refractivity contribution in [3.05, 3.63) is 51.9 Å². The number of aromatic nitrogens is 2. The number of carbonyl (C=O) groups excluding carboxylic acids is 1. The van der Waals surface area contributed by atoms with E-state index in [4.69, 9.17) is 27.9 Å². The highest BCUT2D eigenvalue weighted by atomic mass is 35.5. The first-order valence-corrected chi connectivity index (χ1v) is 6.44. The number of hydrogen-bond acceptors (Lipinski definition) is 4. The van der Waals surface area contributed by atoms with Gasteiger partial charge in [-0.3, -0.25) is 4.79 Å². The number of ether oxygens (including phenoxy) is 1. The molecule has 0 unspecified atom stereocenters. The fourth-order valence-electron chi connectivity index (χ4n) is 1.50. The van der Waals surface area contributed by atoms with E-state index in [-0.39, 0.29) is 21.6 Å². The molecule has 20 heavy (non-hydrogen) atoms. The topological polar surface area (TPSA) is 64.1 Å². The zero-order valence-electron chi connectivity index (χ0n) is 10.6. The molecule has 2 rings (SSSR count). The maximum Gasteiger partial charge on any atom is 0.253 e. The van der Waals surface area contributed by atoms with Gasteiger partial charge in [0, 0.05) is 25.0 Å². The molecular formula is C13H11Cl2N3O2. The number of pyridine rings is 2. The lowest BCUT2D eigenvalue weighted by Gasteiger charge is -2.07. The van der Waals surface area contributed by atoms with E-state index in [0.29, 0.717) is 12.4 Å². The van der Waals surface area contributed by atoms with Gasteiger partial charge in [0.1, 0.15) is 5.15 Å². The molecule has 2 aromatic rings. The molecule has 0 aliphatic heterocycles. The van der Waals surface area contributed by atoms with Crippen LogP contribution in [0.25, 0.3) is 0 Å². The van der Waals surface area contributed by atoms with Crippen LogP contribution in [0.15, 0.2) is 30.6 Å². The number of halogens is 2. The van der Waals surface area contributed by atoms with Crippen LogP contribution in [-0.2, 0) is 6.54 Å². The van der Waals surface area contributed by atoms with Gasteiger partial charge >= 0.3 is 0 Å². The number of nitrogens with zero attached hydrogens (tertiary/aromatic N) is 2. The molecule has 0 atom stereocenters. The highest BCUT2D eigenvalue weighted by Crippen LogP contribution is 2.18. The molecule has 0 bridgehead atoms. The summed E-state index contributed by atoms with van der Waals surface area (Å²) in [6.07, 6.45) is 2.97. The summed E-state index contributed by atoms with van der Waals surface area (Å²) < 4.78 is 4.96. The highest BCUT2D eigenvalue weighted by molar-refractivity contribution is 6.35. The lowest BCUT2D eigenvalue weighted by molar-refractivity contribution is 0.0951. The maximum atomic E-state index is 12.0. The zero-order chi connectivity index (χ0) is 14.5. The zero-order valence-corrected chi connectivity index (χ0v) is 12.1. The van der Waals surface area contributed by atoms with Crippen LogP contribution in [-0.4, -0.2) is 23.0 Å². The second-order valence-corrected chi connectivity index (χ2v) is 4.67. The lowest BCUT2D eigenvalue weighted by atomic mass is 10.2. The Bertz CT molecular complexity index is 618. The minimum atomic E-state index is -0.324. The molecule has 1 N–H and O–H groups in total. The molecule has 0 radical (unpaired) electrons. The Morgan fingerprint density at radius 3 is 2.75 bits per heavy atom. The summed E-state index contributed by atoms with van der Waals surface area (Å²) in [6, 6.07) is 4.95. The van der Waals surface area contributed by atoms with Crippen LogP contribution in [0.3, 0.4) is 0 Å². The van der Waals surface area contributed by atoms with Crippen molar-refractivity contribution in [2.75, 3.05) is 7.11 Å². The van der Waals surface area contributed by atoms with Crippen molar-refractivity contribution < 1.29 is 9.53 Å². The third kappa shape index (κ3) is 3.59. The average molecular weight is 312 g/mol. The second kappa shape index (κ2) is 6.54. The molecule has 1 amide bonds. The second-order valence-electron chi connectivity index (χ2n) is 3.88. The van der Waals surface area contributed by atoms with Gasteiger partial charge in [-0.1, -0.05) is 29.3 Å². The van der Waals surface area contributed by atoms with E-state index in [0.717, 1.165) is 5.56 Å². The summed E-state index contributed by atoms with van der Waals surface area (Å²) in [7, 11) is 1.54. The van der Waals surface area contributed by atoms with Gasteiger partial charge in [-0.15, -0.1) is 0 Å². The first-order valence-electron chi connectivity index (χ1n) is 5.68. The maximum absolute atomic E-state index is 12.0. The number of nitrogens with one attached hydrogen (secondary N) is 1.